The molecule has 1 fully saturated rings. The van der Waals surface area contributed by atoms with Gasteiger partial charge in [0.1, 0.15) is 0 Å². The first-order chi connectivity index (χ1) is 4.56. The molecule has 1 saturated heterocycles. The van der Waals surface area contributed by atoms with Crippen LogP contribution in [0.1, 0.15) is 6.92 Å². The normalized spacial score (nSPS) is 42.6. The van der Waals surface area contributed by atoms with Gasteiger partial charge in [-0.25, -0.2) is 0 Å². The maximum absolute atomic E-state index is 5.96. The summed E-state index contributed by atoms with van der Waals surface area (Å²) in [4.78, 5) is 2.19. The van der Waals surface area contributed by atoms with Crippen LogP contribution in [-0.2, 0) is 4.74 Å². The molecule has 1 rings (SSSR count). The third kappa shape index (κ3) is 1.31. The summed E-state index contributed by atoms with van der Waals surface area (Å²) in [6.07, 6.45) is 0.192. The van der Waals surface area contributed by atoms with E-state index in [9.17, 15) is 0 Å². The van der Waals surface area contributed by atoms with Gasteiger partial charge in [0.15, 0.2) is 0 Å². The molecule has 0 amide bonds. The molecular weight excluding hydrogens is 128 g/mol. The zero-order valence-corrected chi connectivity index (χ0v) is 6.92. The van der Waals surface area contributed by atoms with E-state index in [1.165, 1.54) is 0 Å². The van der Waals surface area contributed by atoms with Crippen LogP contribution in [0.5, 0.6) is 0 Å². The molecule has 1 aliphatic heterocycles. The zero-order chi connectivity index (χ0) is 7.78. The van der Waals surface area contributed by atoms with Crippen LogP contribution in [0.2, 0.25) is 0 Å². The van der Waals surface area contributed by atoms with Crippen molar-refractivity contribution in [1.29, 1.82) is 0 Å². The van der Waals surface area contributed by atoms with Crippen molar-refractivity contribution in [2.24, 2.45) is 5.73 Å². The van der Waals surface area contributed by atoms with Gasteiger partial charge in [-0.2, -0.15) is 0 Å². The van der Waals surface area contributed by atoms with Gasteiger partial charge in [-0.15, -0.1) is 0 Å². The molecule has 2 unspecified atom stereocenters. The predicted molar refractivity (Wildman–Crippen MR) is 40.9 cm³/mol. The van der Waals surface area contributed by atoms with Crippen LogP contribution >= 0.6 is 0 Å². The maximum atomic E-state index is 5.96. The third-order valence-electron chi connectivity index (χ3n) is 2.11. The lowest BCUT2D eigenvalue weighted by Crippen LogP contribution is -2.48. The summed E-state index contributed by atoms with van der Waals surface area (Å²) in [5.74, 6) is 0. The van der Waals surface area contributed by atoms with E-state index in [-0.39, 0.29) is 11.6 Å². The second-order valence-electron chi connectivity index (χ2n) is 3.43. The topological polar surface area (TPSA) is 38.5 Å². The summed E-state index contributed by atoms with van der Waals surface area (Å²) in [6, 6.07) is 0. The molecule has 1 aliphatic rings. The highest BCUT2D eigenvalue weighted by Crippen LogP contribution is 2.19. The highest BCUT2D eigenvalue weighted by molar-refractivity contribution is 4.97. The van der Waals surface area contributed by atoms with Gasteiger partial charge in [0.2, 0.25) is 0 Å². The molecule has 60 valence electrons. The van der Waals surface area contributed by atoms with Crippen molar-refractivity contribution in [3.8, 4) is 0 Å². The van der Waals surface area contributed by atoms with Crippen molar-refractivity contribution in [3.05, 3.63) is 0 Å². The fourth-order valence-corrected chi connectivity index (χ4v) is 1.58. The fraction of sp³-hybridized carbons (Fsp3) is 1.00. The average Bonchev–Trinajstić information content (AvgIpc) is 2.04. The highest BCUT2D eigenvalue weighted by Gasteiger charge is 2.38. The number of ether oxygens (including phenoxy) is 1. The van der Waals surface area contributed by atoms with E-state index in [0.717, 1.165) is 13.1 Å². The Kier molecular flexibility index (Phi) is 1.99. The Morgan fingerprint density at radius 3 is 2.50 bits per heavy atom. The number of likely N-dealkylation sites (N-methyl/N-ethyl adjacent to an activating group) is 1. The predicted octanol–water partition coefficient (Wildman–Crippen LogP) is -0.336. The Bertz CT molecular complexity index is 125. The van der Waals surface area contributed by atoms with Gasteiger partial charge in [0, 0.05) is 20.2 Å². The second-order valence-corrected chi connectivity index (χ2v) is 3.43. The van der Waals surface area contributed by atoms with Crippen LogP contribution in [-0.4, -0.2) is 43.8 Å². The third-order valence-corrected chi connectivity index (χ3v) is 2.11. The first-order valence-corrected chi connectivity index (χ1v) is 3.56. The van der Waals surface area contributed by atoms with Crippen LogP contribution in [0.3, 0.4) is 0 Å². The molecule has 3 heteroatoms. The van der Waals surface area contributed by atoms with Crippen LogP contribution in [0, 0.1) is 0 Å². The smallest absolute Gasteiger partial charge is 0.0886 e. The lowest BCUT2D eigenvalue weighted by Gasteiger charge is -2.23. The molecule has 0 aromatic rings. The van der Waals surface area contributed by atoms with E-state index in [0.29, 0.717) is 0 Å². The number of hydrogen-bond donors (Lipinski definition) is 1. The Labute approximate surface area is 62.1 Å². The van der Waals surface area contributed by atoms with Crippen molar-refractivity contribution in [1.82, 2.24) is 4.90 Å². The van der Waals surface area contributed by atoms with Crippen LogP contribution in [0.15, 0.2) is 0 Å². The van der Waals surface area contributed by atoms with E-state index < -0.39 is 0 Å². The number of methoxy groups -OCH3 is 1. The number of nitrogens with zero attached hydrogens (tertiary/aromatic N) is 1. The number of rotatable bonds is 1. The molecule has 2 N–H and O–H groups in total. The molecule has 3 nitrogen and oxygen atoms in total. The summed E-state index contributed by atoms with van der Waals surface area (Å²) in [7, 11) is 3.78. The quantitative estimate of drug-likeness (QED) is 0.547. The minimum Gasteiger partial charge on any atom is -0.378 e. The summed E-state index contributed by atoms with van der Waals surface area (Å²) in [6.45, 7) is 3.90. The SMILES string of the molecule is COC1CN(C)CC1(C)N. The molecule has 1 heterocycles. The van der Waals surface area contributed by atoms with Gasteiger partial charge in [-0.05, 0) is 14.0 Å². The van der Waals surface area contributed by atoms with Crippen LogP contribution in [0.25, 0.3) is 0 Å². The first kappa shape index (κ1) is 7.98. The molecule has 0 aromatic heterocycles. The molecule has 0 spiro atoms. The standard InChI is InChI=1S/C7H16N2O/c1-7(8)5-9(2)4-6(7)10-3/h6H,4-5,8H2,1-3H3. The van der Waals surface area contributed by atoms with E-state index in [4.69, 9.17) is 10.5 Å². The van der Waals surface area contributed by atoms with Gasteiger partial charge < -0.3 is 15.4 Å². The lowest BCUT2D eigenvalue weighted by molar-refractivity contribution is 0.0720. The van der Waals surface area contributed by atoms with Crippen molar-refractivity contribution in [3.63, 3.8) is 0 Å². The average molecular weight is 144 g/mol. The second kappa shape index (κ2) is 2.49. The van der Waals surface area contributed by atoms with E-state index in [1.807, 2.05) is 6.92 Å². The minimum atomic E-state index is -0.163. The largest absolute Gasteiger partial charge is 0.378 e. The van der Waals surface area contributed by atoms with Crippen molar-refractivity contribution in [2.45, 2.75) is 18.6 Å². The van der Waals surface area contributed by atoms with E-state index in [1.54, 1.807) is 7.11 Å². The van der Waals surface area contributed by atoms with Gasteiger partial charge >= 0.3 is 0 Å². The molecule has 0 saturated carbocycles. The monoisotopic (exact) mass is 144 g/mol. The lowest BCUT2D eigenvalue weighted by atomic mass is 10.0. The first-order valence-electron chi connectivity index (χ1n) is 3.56. The van der Waals surface area contributed by atoms with Gasteiger partial charge in [-0.3, -0.25) is 0 Å². The Morgan fingerprint density at radius 2 is 2.30 bits per heavy atom. The molecule has 0 aliphatic carbocycles. The number of likely N-dealkylation sites (tertiary alicyclic amines) is 1. The number of nitrogens with two attached hydrogens (primary N) is 1. The molecule has 10 heavy (non-hydrogen) atoms. The van der Waals surface area contributed by atoms with Crippen molar-refractivity contribution >= 4 is 0 Å². The molecule has 2 atom stereocenters. The molecule has 0 bridgehead atoms. The molecule has 0 radical (unpaired) electrons. The summed E-state index contributed by atoms with van der Waals surface area (Å²) < 4.78 is 5.23. The van der Waals surface area contributed by atoms with E-state index >= 15 is 0 Å². The van der Waals surface area contributed by atoms with E-state index in [2.05, 4.69) is 11.9 Å². The Hall–Kier alpha value is -0.120. The van der Waals surface area contributed by atoms with Gasteiger partial charge in [0.25, 0.3) is 0 Å². The van der Waals surface area contributed by atoms with Crippen molar-refractivity contribution in [2.75, 3.05) is 27.2 Å². The summed E-state index contributed by atoms with van der Waals surface area (Å²) >= 11 is 0. The summed E-state index contributed by atoms with van der Waals surface area (Å²) in [5.41, 5.74) is 5.79. The molecule has 0 aromatic carbocycles. The molecular formula is C7H16N2O. The van der Waals surface area contributed by atoms with Crippen LogP contribution < -0.4 is 5.73 Å². The zero-order valence-electron chi connectivity index (χ0n) is 6.92. The number of hydrogen-bond acceptors (Lipinski definition) is 3. The Balaban J connectivity index is 2.58. The van der Waals surface area contributed by atoms with Crippen molar-refractivity contribution < 1.29 is 4.74 Å². The van der Waals surface area contributed by atoms with Gasteiger partial charge in [0.05, 0.1) is 11.6 Å². The summed E-state index contributed by atoms with van der Waals surface area (Å²) in [5, 5.41) is 0. The fourth-order valence-electron chi connectivity index (χ4n) is 1.58. The Morgan fingerprint density at radius 1 is 1.70 bits per heavy atom. The van der Waals surface area contributed by atoms with Crippen LogP contribution in [0.4, 0.5) is 0 Å². The maximum Gasteiger partial charge on any atom is 0.0886 e. The highest BCUT2D eigenvalue weighted by atomic mass is 16.5. The minimum absolute atomic E-state index is 0.163. The van der Waals surface area contributed by atoms with Gasteiger partial charge in [-0.1, -0.05) is 0 Å².